The van der Waals surface area contributed by atoms with Crippen LogP contribution in [0.1, 0.15) is 19.3 Å². The molecule has 31 heavy (non-hydrogen) atoms. The zero-order valence-corrected chi connectivity index (χ0v) is 18.0. The van der Waals surface area contributed by atoms with E-state index in [1.807, 2.05) is 54.6 Å². The number of rotatable bonds is 3. The number of nitrogens with zero attached hydrogens (tertiary/aromatic N) is 3. The Bertz CT molecular complexity index is 1210. The van der Waals surface area contributed by atoms with Crippen molar-refractivity contribution in [1.82, 2.24) is 14.9 Å². The van der Waals surface area contributed by atoms with Crippen molar-refractivity contribution < 1.29 is 4.74 Å². The lowest BCUT2D eigenvalue weighted by atomic mass is 10.0. The predicted octanol–water partition coefficient (Wildman–Crippen LogP) is 6.11. The van der Waals surface area contributed by atoms with Crippen molar-refractivity contribution in [3.05, 3.63) is 78.9 Å². The quantitative estimate of drug-likeness (QED) is 0.370. The van der Waals surface area contributed by atoms with Gasteiger partial charge in [-0.1, -0.05) is 60.7 Å². The first-order valence-electron chi connectivity index (χ1n) is 10.7. The van der Waals surface area contributed by atoms with Gasteiger partial charge in [0, 0.05) is 30.3 Å². The topological polar surface area (TPSA) is 38.3 Å². The maximum atomic E-state index is 6.01. The molecule has 3 aromatic carbocycles. The van der Waals surface area contributed by atoms with Gasteiger partial charge in [-0.05, 0) is 43.6 Å². The smallest absolute Gasteiger partial charge is 0.264 e. The first-order valence-corrected chi connectivity index (χ1v) is 11.1. The van der Waals surface area contributed by atoms with Gasteiger partial charge in [-0.3, -0.25) is 0 Å². The molecule has 1 aliphatic rings. The van der Waals surface area contributed by atoms with E-state index in [1.165, 1.54) is 6.42 Å². The van der Waals surface area contributed by atoms with Crippen LogP contribution in [0.25, 0.3) is 33.5 Å². The van der Waals surface area contributed by atoms with Crippen molar-refractivity contribution in [2.75, 3.05) is 13.1 Å². The molecule has 0 atom stereocenters. The van der Waals surface area contributed by atoms with Gasteiger partial charge in [0.05, 0.1) is 22.4 Å². The Kier molecular flexibility index (Phi) is 5.59. The maximum Gasteiger partial charge on any atom is 0.264 e. The van der Waals surface area contributed by atoms with E-state index < -0.39 is 0 Å². The molecule has 0 amide bonds. The molecule has 0 saturated carbocycles. The van der Waals surface area contributed by atoms with Gasteiger partial charge in [0.25, 0.3) is 5.17 Å². The molecule has 0 spiro atoms. The number of piperidine rings is 1. The van der Waals surface area contributed by atoms with Gasteiger partial charge in [0.1, 0.15) is 5.75 Å². The summed E-state index contributed by atoms with van der Waals surface area (Å²) in [5.74, 6) is 0.698. The Balaban J connectivity index is 1.55. The van der Waals surface area contributed by atoms with Crippen LogP contribution in [0.15, 0.2) is 78.9 Å². The van der Waals surface area contributed by atoms with Gasteiger partial charge < -0.3 is 9.64 Å². The summed E-state index contributed by atoms with van der Waals surface area (Å²) in [5.41, 5.74) is 5.42. The van der Waals surface area contributed by atoms with Crippen LogP contribution >= 0.6 is 12.2 Å². The second kappa shape index (κ2) is 8.82. The summed E-state index contributed by atoms with van der Waals surface area (Å²) in [7, 11) is 0. The Morgan fingerprint density at radius 1 is 0.710 bits per heavy atom. The molecule has 1 saturated heterocycles. The van der Waals surface area contributed by atoms with Crippen LogP contribution in [0, 0.1) is 0 Å². The van der Waals surface area contributed by atoms with Crippen molar-refractivity contribution in [3.8, 4) is 28.3 Å². The van der Waals surface area contributed by atoms with Gasteiger partial charge in [-0.2, -0.15) is 0 Å². The molecule has 0 unspecified atom stereocenters. The summed E-state index contributed by atoms with van der Waals surface area (Å²) in [5, 5.41) is 0.538. The third kappa shape index (κ3) is 4.28. The SMILES string of the molecule is S=C(Oc1ccc2nc(-c3ccccc3)c(-c3ccccc3)nc2c1)N1CCCCC1. The van der Waals surface area contributed by atoms with Gasteiger partial charge in [0.15, 0.2) is 0 Å². The molecule has 5 heteroatoms. The Morgan fingerprint density at radius 2 is 1.29 bits per heavy atom. The Hall–Kier alpha value is -3.31. The number of hydrogen-bond acceptors (Lipinski definition) is 4. The van der Waals surface area contributed by atoms with E-state index in [9.17, 15) is 0 Å². The van der Waals surface area contributed by atoms with Crippen molar-refractivity contribution >= 4 is 28.4 Å². The minimum atomic E-state index is 0.538. The van der Waals surface area contributed by atoms with E-state index >= 15 is 0 Å². The van der Waals surface area contributed by atoms with E-state index in [0.717, 1.165) is 59.5 Å². The number of thiocarbonyl (C=S) groups is 1. The summed E-state index contributed by atoms with van der Waals surface area (Å²) in [4.78, 5) is 12.1. The number of ether oxygens (including phenoxy) is 1. The van der Waals surface area contributed by atoms with Crippen molar-refractivity contribution in [2.45, 2.75) is 19.3 Å². The zero-order valence-electron chi connectivity index (χ0n) is 17.2. The van der Waals surface area contributed by atoms with Gasteiger partial charge in [-0.15, -0.1) is 0 Å². The van der Waals surface area contributed by atoms with Crippen LogP contribution < -0.4 is 4.74 Å². The number of hydrogen-bond donors (Lipinski definition) is 0. The molecule has 1 aromatic heterocycles. The van der Waals surface area contributed by atoms with Crippen LogP contribution in [0.2, 0.25) is 0 Å². The molecule has 4 nitrogen and oxygen atoms in total. The molecule has 0 aliphatic carbocycles. The van der Waals surface area contributed by atoms with Crippen molar-refractivity contribution in [2.24, 2.45) is 0 Å². The van der Waals surface area contributed by atoms with Crippen LogP contribution in [-0.4, -0.2) is 33.1 Å². The fourth-order valence-electron chi connectivity index (χ4n) is 3.93. The zero-order chi connectivity index (χ0) is 21.0. The van der Waals surface area contributed by atoms with Crippen LogP contribution in [0.4, 0.5) is 0 Å². The largest absolute Gasteiger partial charge is 0.432 e. The van der Waals surface area contributed by atoms with E-state index in [4.69, 9.17) is 26.9 Å². The van der Waals surface area contributed by atoms with Gasteiger partial charge in [-0.25, -0.2) is 9.97 Å². The van der Waals surface area contributed by atoms with Crippen LogP contribution in [-0.2, 0) is 0 Å². The molecule has 0 bridgehead atoms. The highest BCUT2D eigenvalue weighted by atomic mass is 32.1. The van der Waals surface area contributed by atoms with E-state index in [2.05, 4.69) is 29.2 Å². The lowest BCUT2D eigenvalue weighted by molar-refractivity contribution is 0.300. The summed E-state index contributed by atoms with van der Waals surface area (Å²) in [6.45, 7) is 1.93. The number of likely N-dealkylation sites (tertiary alicyclic amines) is 1. The first-order chi connectivity index (χ1) is 15.3. The van der Waals surface area contributed by atoms with Crippen molar-refractivity contribution in [1.29, 1.82) is 0 Å². The third-order valence-corrected chi connectivity index (χ3v) is 5.89. The average molecular weight is 426 g/mol. The lowest BCUT2D eigenvalue weighted by Crippen LogP contribution is -2.37. The average Bonchev–Trinajstić information content (AvgIpc) is 2.85. The molecular formula is C26H23N3OS. The summed E-state index contributed by atoms with van der Waals surface area (Å²) in [6.07, 6.45) is 3.58. The van der Waals surface area contributed by atoms with E-state index in [1.54, 1.807) is 0 Å². The second-order valence-electron chi connectivity index (χ2n) is 7.72. The minimum Gasteiger partial charge on any atom is -0.432 e. The monoisotopic (exact) mass is 425 g/mol. The van der Waals surface area contributed by atoms with Crippen LogP contribution in [0.5, 0.6) is 5.75 Å². The molecule has 0 N–H and O–H groups in total. The second-order valence-corrected chi connectivity index (χ2v) is 8.07. The van der Waals surface area contributed by atoms with Crippen molar-refractivity contribution in [3.63, 3.8) is 0 Å². The summed E-state index contributed by atoms with van der Waals surface area (Å²) >= 11 is 5.53. The fourth-order valence-corrected chi connectivity index (χ4v) is 4.21. The highest BCUT2D eigenvalue weighted by Crippen LogP contribution is 2.32. The number of benzene rings is 3. The molecule has 2 heterocycles. The van der Waals surface area contributed by atoms with Gasteiger partial charge >= 0.3 is 0 Å². The molecule has 154 valence electrons. The molecule has 5 rings (SSSR count). The molecule has 1 fully saturated rings. The van der Waals surface area contributed by atoms with E-state index in [0.29, 0.717) is 10.9 Å². The molecule has 4 aromatic rings. The molecule has 1 aliphatic heterocycles. The minimum absolute atomic E-state index is 0.538. The number of fused-ring (bicyclic) bond motifs is 1. The summed E-state index contributed by atoms with van der Waals surface area (Å²) < 4.78 is 6.01. The van der Waals surface area contributed by atoms with E-state index in [-0.39, 0.29) is 0 Å². The van der Waals surface area contributed by atoms with Gasteiger partial charge in [0.2, 0.25) is 0 Å². The number of aromatic nitrogens is 2. The highest BCUT2D eigenvalue weighted by Gasteiger charge is 2.17. The Morgan fingerprint density at radius 3 is 1.90 bits per heavy atom. The lowest BCUT2D eigenvalue weighted by Gasteiger charge is -2.28. The highest BCUT2D eigenvalue weighted by molar-refractivity contribution is 7.80. The standard InChI is InChI=1S/C26H23N3OS/c31-26(29-16-8-3-9-17-29)30-21-14-15-22-23(18-21)28-25(20-12-6-2-7-13-20)24(27-22)19-10-4-1-5-11-19/h1-2,4-7,10-15,18H,3,8-9,16-17H2. The van der Waals surface area contributed by atoms with Crippen LogP contribution in [0.3, 0.4) is 0 Å². The third-order valence-electron chi connectivity index (χ3n) is 5.55. The molecular weight excluding hydrogens is 402 g/mol. The Labute approximate surface area is 187 Å². The predicted molar refractivity (Wildman–Crippen MR) is 129 cm³/mol. The fraction of sp³-hybridized carbons (Fsp3) is 0.192. The molecule has 0 radical (unpaired) electrons. The maximum absolute atomic E-state index is 6.01. The normalized spacial score (nSPS) is 13.9. The summed E-state index contributed by atoms with van der Waals surface area (Å²) in [6, 6.07) is 26.2. The first kappa shape index (κ1) is 19.6.